The van der Waals surface area contributed by atoms with Gasteiger partial charge in [-0.05, 0) is 52.5 Å². The molecule has 1 aromatic rings. The van der Waals surface area contributed by atoms with Gasteiger partial charge in [-0.1, -0.05) is 42.5 Å². The molecule has 234 valence electrons. The number of nitrogens with one attached hydrogen (secondary N) is 1. The first-order valence-corrected chi connectivity index (χ1v) is 15.1. The zero-order valence-corrected chi connectivity index (χ0v) is 25.7. The monoisotopic (exact) mass is 595 g/mol. The van der Waals surface area contributed by atoms with Crippen molar-refractivity contribution in [2.24, 2.45) is 11.8 Å². The number of fused-ring (bicyclic) bond motifs is 1. The molecule has 3 saturated heterocycles. The van der Waals surface area contributed by atoms with Crippen LogP contribution in [0.4, 0.5) is 0 Å². The van der Waals surface area contributed by atoms with Crippen LogP contribution in [0.2, 0.25) is 0 Å². The van der Waals surface area contributed by atoms with Gasteiger partial charge in [-0.2, -0.15) is 0 Å². The minimum atomic E-state index is -1.21. The van der Waals surface area contributed by atoms with Crippen LogP contribution >= 0.6 is 0 Å². The van der Waals surface area contributed by atoms with Crippen LogP contribution in [0.1, 0.15) is 65.0 Å². The van der Waals surface area contributed by atoms with Crippen molar-refractivity contribution in [3.05, 3.63) is 61.2 Å². The number of amides is 3. The fourth-order valence-electron chi connectivity index (χ4n) is 6.96. The number of esters is 1. The summed E-state index contributed by atoms with van der Waals surface area (Å²) in [5.41, 5.74) is -1.09. The molecule has 0 aromatic heterocycles. The lowest BCUT2D eigenvalue weighted by atomic mass is 9.70. The number of ether oxygens (including phenoxy) is 2. The van der Waals surface area contributed by atoms with Crippen LogP contribution in [0, 0.1) is 11.8 Å². The van der Waals surface area contributed by atoms with Crippen molar-refractivity contribution in [1.29, 1.82) is 0 Å². The first-order valence-electron chi connectivity index (χ1n) is 15.1. The maximum Gasteiger partial charge on any atom is 0.313 e. The van der Waals surface area contributed by atoms with E-state index in [0.29, 0.717) is 24.8 Å². The maximum atomic E-state index is 14.2. The van der Waals surface area contributed by atoms with Gasteiger partial charge in [0.25, 0.3) is 0 Å². The first kappa shape index (κ1) is 32.4. The Kier molecular flexibility index (Phi) is 9.81. The van der Waals surface area contributed by atoms with Gasteiger partial charge in [0.1, 0.15) is 17.7 Å². The topological polar surface area (TPSA) is 125 Å². The van der Waals surface area contributed by atoms with Gasteiger partial charge in [-0.3, -0.25) is 19.2 Å². The van der Waals surface area contributed by atoms with E-state index in [0.717, 1.165) is 0 Å². The molecule has 10 nitrogen and oxygen atoms in total. The average Bonchev–Trinajstić information content (AvgIpc) is 3.60. The number of carbonyl (C=O) groups excluding carboxylic acids is 4. The predicted octanol–water partition coefficient (Wildman–Crippen LogP) is 2.92. The van der Waals surface area contributed by atoms with E-state index < -0.39 is 59.1 Å². The number of aliphatic hydroxyl groups is 1. The number of aliphatic hydroxyl groups excluding tert-OH is 1. The van der Waals surface area contributed by atoms with Gasteiger partial charge >= 0.3 is 5.97 Å². The van der Waals surface area contributed by atoms with Gasteiger partial charge in [0.2, 0.25) is 17.7 Å². The van der Waals surface area contributed by atoms with Crippen LogP contribution in [-0.4, -0.2) is 87.6 Å². The lowest BCUT2D eigenvalue weighted by molar-refractivity contribution is -0.162. The Morgan fingerprint density at radius 1 is 1.23 bits per heavy atom. The molecule has 1 spiro atoms. The zero-order chi connectivity index (χ0) is 31.5. The highest BCUT2D eigenvalue weighted by atomic mass is 16.6. The number of hydrogen-bond donors (Lipinski definition) is 2. The number of β-amino-alcohol motifs (C(OH)–C–C–N with tert-alkyl or cyclic N) is 1. The third-order valence-electron chi connectivity index (χ3n) is 8.82. The van der Waals surface area contributed by atoms with Crippen LogP contribution in [0.3, 0.4) is 0 Å². The minimum absolute atomic E-state index is 0.0598. The zero-order valence-electron chi connectivity index (χ0n) is 25.7. The maximum absolute atomic E-state index is 14.2. The molecule has 4 rings (SSSR count). The third kappa shape index (κ3) is 6.13. The van der Waals surface area contributed by atoms with Crippen molar-refractivity contribution in [1.82, 2.24) is 15.1 Å². The van der Waals surface area contributed by atoms with Crippen molar-refractivity contribution in [3.8, 4) is 0 Å². The van der Waals surface area contributed by atoms with Crippen LogP contribution in [0.25, 0.3) is 0 Å². The minimum Gasteiger partial charge on any atom is -0.455 e. The number of benzene rings is 1. The number of allylic oxidation sites excluding steroid dienone is 1. The Morgan fingerprint density at radius 2 is 1.93 bits per heavy atom. The number of hydrogen-bond acceptors (Lipinski definition) is 7. The molecule has 3 heterocycles. The predicted molar refractivity (Wildman–Crippen MR) is 160 cm³/mol. The molecule has 7 atom stereocenters. The molecule has 3 fully saturated rings. The summed E-state index contributed by atoms with van der Waals surface area (Å²) in [6.45, 7) is 14.8. The van der Waals surface area contributed by atoms with E-state index >= 15 is 0 Å². The van der Waals surface area contributed by atoms with Gasteiger partial charge < -0.3 is 29.7 Å². The van der Waals surface area contributed by atoms with Crippen molar-refractivity contribution in [3.63, 3.8) is 0 Å². The highest BCUT2D eigenvalue weighted by Gasteiger charge is 2.75. The van der Waals surface area contributed by atoms with E-state index in [1.54, 1.807) is 24.0 Å². The van der Waals surface area contributed by atoms with Gasteiger partial charge in [-0.25, -0.2) is 0 Å². The van der Waals surface area contributed by atoms with E-state index in [4.69, 9.17) is 9.47 Å². The largest absolute Gasteiger partial charge is 0.455 e. The summed E-state index contributed by atoms with van der Waals surface area (Å²) in [6.07, 6.45) is 3.59. The van der Waals surface area contributed by atoms with E-state index in [1.807, 2.05) is 51.1 Å². The number of rotatable bonds is 13. The molecule has 1 aromatic carbocycles. The number of nitrogens with zero attached hydrogens (tertiary/aromatic N) is 2. The number of likely N-dealkylation sites (tertiary alicyclic amines) is 1. The molecule has 3 aliphatic rings. The Hall–Kier alpha value is -3.50. The average molecular weight is 596 g/mol. The smallest absolute Gasteiger partial charge is 0.313 e. The fraction of sp³-hybridized carbons (Fsp3) is 0.576. The normalized spacial score (nSPS) is 27.3. The molecule has 3 aliphatic heterocycles. The Bertz CT molecular complexity index is 1230. The van der Waals surface area contributed by atoms with Gasteiger partial charge in [0.05, 0.1) is 30.6 Å². The van der Waals surface area contributed by atoms with E-state index in [2.05, 4.69) is 18.5 Å². The Balaban J connectivity index is 1.65. The van der Waals surface area contributed by atoms with E-state index in [1.165, 1.54) is 4.90 Å². The molecular weight excluding hydrogens is 550 g/mol. The second-order valence-corrected chi connectivity index (χ2v) is 12.7. The molecule has 43 heavy (non-hydrogen) atoms. The van der Waals surface area contributed by atoms with Crippen molar-refractivity contribution < 1.29 is 33.8 Å². The van der Waals surface area contributed by atoms with Gasteiger partial charge in [-0.15, -0.1) is 13.2 Å². The summed E-state index contributed by atoms with van der Waals surface area (Å²) in [5.74, 6) is -3.37. The summed E-state index contributed by atoms with van der Waals surface area (Å²) < 4.78 is 12.6. The van der Waals surface area contributed by atoms with Crippen LogP contribution in [0.5, 0.6) is 0 Å². The van der Waals surface area contributed by atoms with Crippen molar-refractivity contribution in [2.75, 3.05) is 19.7 Å². The van der Waals surface area contributed by atoms with Gasteiger partial charge in [0.15, 0.2) is 0 Å². The Labute approximate surface area is 254 Å². The highest BCUT2D eigenvalue weighted by Crippen LogP contribution is 2.59. The molecule has 0 saturated carbocycles. The summed E-state index contributed by atoms with van der Waals surface area (Å²) in [6, 6.07) is 7.59. The summed E-state index contributed by atoms with van der Waals surface area (Å²) in [5, 5.41) is 12.8. The van der Waals surface area contributed by atoms with Crippen molar-refractivity contribution >= 4 is 23.7 Å². The van der Waals surface area contributed by atoms with Crippen LogP contribution < -0.4 is 5.32 Å². The lowest BCUT2D eigenvalue weighted by Gasteiger charge is -2.41. The molecule has 10 heteroatoms. The second kappa shape index (κ2) is 13.0. The first-order chi connectivity index (χ1) is 20.4. The second-order valence-electron chi connectivity index (χ2n) is 12.7. The molecule has 2 N–H and O–H groups in total. The SMILES string of the molecule is C=CCCC(=O)N[C@H](C)[C@@H](OC(=O)[C@@H]1[C@@H]2CC[C@]3(O2)[C@H](C(=O)N(CC=C)C(C)(C)C)N(CCO)C(=O)[C@@H]13)c1ccccc1. The molecule has 0 unspecified atom stereocenters. The Morgan fingerprint density at radius 3 is 2.53 bits per heavy atom. The standard InChI is InChI=1S/C33H45N3O7/c1-7-9-15-24(38)34-21(3)27(22-13-11-10-12-14-22)42-31(41)25-23-16-17-33(43-23)26(25)29(39)35(19-20-37)28(33)30(40)36(18-8-2)32(4,5)6/h7-8,10-14,21,23,25-28,37H,1-2,9,15-20H2,3-6H3,(H,34,38)/t21-,23+,25-,26-,27-,28+,33-/m1/s1. The quantitative estimate of drug-likeness (QED) is 0.265. The number of carbonyl (C=O) groups is 4. The molecule has 0 radical (unpaired) electrons. The third-order valence-corrected chi connectivity index (χ3v) is 8.82. The molecular formula is C33H45N3O7. The van der Waals surface area contributed by atoms with Crippen LogP contribution in [0.15, 0.2) is 55.6 Å². The van der Waals surface area contributed by atoms with E-state index in [9.17, 15) is 24.3 Å². The van der Waals surface area contributed by atoms with Crippen molar-refractivity contribution in [2.45, 2.75) is 88.8 Å². The molecule has 0 aliphatic carbocycles. The molecule has 2 bridgehead atoms. The summed E-state index contributed by atoms with van der Waals surface area (Å²) in [4.78, 5) is 57.8. The molecule has 3 amide bonds. The van der Waals surface area contributed by atoms with Gasteiger partial charge in [0, 0.05) is 25.0 Å². The summed E-state index contributed by atoms with van der Waals surface area (Å²) in [7, 11) is 0. The highest BCUT2D eigenvalue weighted by molar-refractivity contribution is 5.98. The lowest BCUT2D eigenvalue weighted by Crippen LogP contribution is -2.60. The van der Waals surface area contributed by atoms with Crippen LogP contribution in [-0.2, 0) is 28.7 Å². The fourth-order valence-corrected chi connectivity index (χ4v) is 6.96. The van der Waals surface area contributed by atoms with E-state index in [-0.39, 0.29) is 37.9 Å². The summed E-state index contributed by atoms with van der Waals surface area (Å²) >= 11 is 0.